The molecule has 0 bridgehead atoms. The molecule has 0 spiro atoms. The molecule has 1 aliphatic heterocycles. The molecule has 24 heavy (non-hydrogen) atoms. The Balaban J connectivity index is 2.07. The Kier molecular flexibility index (Phi) is 4.69. The highest BCUT2D eigenvalue weighted by molar-refractivity contribution is 9.10. The van der Waals surface area contributed by atoms with E-state index in [-0.39, 0.29) is 5.91 Å². The monoisotopic (exact) mass is 403 g/mol. The lowest BCUT2D eigenvalue weighted by molar-refractivity contribution is -0.121. The van der Waals surface area contributed by atoms with E-state index in [1.54, 1.807) is 19.0 Å². The molecular formula is C18H18BrN3OS. The molecule has 0 aliphatic carbocycles. The summed E-state index contributed by atoms with van der Waals surface area (Å²) in [5.74, 6) is -0.00806. The zero-order valence-electron chi connectivity index (χ0n) is 14.0. The molecular weight excluding hydrogens is 386 g/mol. The number of aryl methyl sites for hydroxylation is 1. The van der Waals surface area contributed by atoms with Crippen molar-refractivity contribution in [3.05, 3.63) is 56.7 Å². The second-order valence-corrected chi connectivity index (χ2v) is 7.46. The lowest BCUT2D eigenvalue weighted by Gasteiger charge is -2.11. The fraction of sp³-hybridized carbons (Fsp3) is 0.222. The number of benzene rings is 1. The van der Waals surface area contributed by atoms with Crippen molar-refractivity contribution in [3.8, 4) is 5.69 Å². The number of aromatic nitrogens is 1. The normalized spacial score (nSPS) is 18.2. The minimum Gasteiger partial charge on any atom is -0.317 e. The van der Waals surface area contributed by atoms with Gasteiger partial charge >= 0.3 is 0 Å². The summed E-state index contributed by atoms with van der Waals surface area (Å²) in [7, 11) is 3.46. The van der Waals surface area contributed by atoms with E-state index in [9.17, 15) is 4.79 Å². The van der Waals surface area contributed by atoms with Crippen LogP contribution in [-0.2, 0) is 4.79 Å². The zero-order valence-corrected chi connectivity index (χ0v) is 16.4. The van der Waals surface area contributed by atoms with Gasteiger partial charge in [0.05, 0.1) is 10.6 Å². The molecule has 1 aliphatic rings. The van der Waals surface area contributed by atoms with Crippen LogP contribution in [0.25, 0.3) is 11.8 Å². The van der Waals surface area contributed by atoms with Gasteiger partial charge in [-0.25, -0.2) is 0 Å². The van der Waals surface area contributed by atoms with Gasteiger partial charge in [-0.2, -0.15) is 0 Å². The van der Waals surface area contributed by atoms with Crippen molar-refractivity contribution in [2.45, 2.75) is 13.8 Å². The number of nitrogens with zero attached hydrogens (tertiary/aromatic N) is 3. The molecule has 1 saturated heterocycles. The molecule has 124 valence electrons. The van der Waals surface area contributed by atoms with Gasteiger partial charge in [-0.3, -0.25) is 14.7 Å². The van der Waals surface area contributed by atoms with Gasteiger partial charge in [-0.1, -0.05) is 12.1 Å². The standard InChI is InChI=1S/C18H18BrN3OS/c1-11-9-13(10-16-17(23)21(4)18(20-3)24-16)12(2)22(11)15-8-6-5-7-14(15)19/h5-10H,1-4H3. The number of para-hydroxylation sites is 1. The van der Waals surface area contributed by atoms with Gasteiger partial charge in [0.1, 0.15) is 0 Å². The van der Waals surface area contributed by atoms with Gasteiger partial charge in [-0.15, -0.1) is 0 Å². The summed E-state index contributed by atoms with van der Waals surface area (Å²) in [6.45, 7) is 4.14. The Morgan fingerprint density at radius 3 is 2.58 bits per heavy atom. The minimum atomic E-state index is -0.00806. The fourth-order valence-electron chi connectivity index (χ4n) is 2.83. The number of aliphatic imine (C=N–C) groups is 1. The Morgan fingerprint density at radius 2 is 1.96 bits per heavy atom. The summed E-state index contributed by atoms with van der Waals surface area (Å²) < 4.78 is 3.23. The number of halogens is 1. The van der Waals surface area contributed by atoms with Crippen molar-refractivity contribution < 1.29 is 4.79 Å². The third kappa shape index (κ3) is 2.84. The van der Waals surface area contributed by atoms with Crippen molar-refractivity contribution in [3.63, 3.8) is 0 Å². The Hall–Kier alpha value is -1.79. The van der Waals surface area contributed by atoms with E-state index in [0.717, 1.165) is 32.3 Å². The zero-order chi connectivity index (χ0) is 17.4. The van der Waals surface area contributed by atoms with Crippen LogP contribution in [0.5, 0.6) is 0 Å². The van der Waals surface area contributed by atoms with E-state index in [1.165, 1.54) is 11.8 Å². The smallest absolute Gasteiger partial charge is 0.266 e. The van der Waals surface area contributed by atoms with E-state index >= 15 is 0 Å². The maximum atomic E-state index is 12.3. The lowest BCUT2D eigenvalue weighted by atomic mass is 10.2. The molecule has 1 fully saturated rings. The molecule has 0 N–H and O–H groups in total. The lowest BCUT2D eigenvalue weighted by Crippen LogP contribution is -2.23. The molecule has 2 heterocycles. The third-order valence-corrected chi connectivity index (χ3v) is 5.87. The van der Waals surface area contributed by atoms with Crippen molar-refractivity contribution in [1.82, 2.24) is 9.47 Å². The first-order chi connectivity index (χ1) is 11.4. The first kappa shape index (κ1) is 17.0. The molecule has 6 heteroatoms. The number of hydrogen-bond donors (Lipinski definition) is 0. The minimum absolute atomic E-state index is 0.00806. The number of amides is 1. The average Bonchev–Trinajstić information content (AvgIpc) is 2.99. The highest BCUT2D eigenvalue weighted by atomic mass is 79.9. The molecule has 2 aromatic rings. The van der Waals surface area contributed by atoms with E-state index in [0.29, 0.717) is 4.91 Å². The maximum absolute atomic E-state index is 12.3. The van der Waals surface area contributed by atoms with E-state index < -0.39 is 0 Å². The highest BCUT2D eigenvalue weighted by Crippen LogP contribution is 2.33. The molecule has 1 aromatic heterocycles. The van der Waals surface area contributed by atoms with Gasteiger partial charge in [0, 0.05) is 30.0 Å². The highest BCUT2D eigenvalue weighted by Gasteiger charge is 2.30. The molecule has 4 nitrogen and oxygen atoms in total. The maximum Gasteiger partial charge on any atom is 0.266 e. The number of carbonyl (C=O) groups is 1. The molecule has 0 unspecified atom stereocenters. The first-order valence-corrected chi connectivity index (χ1v) is 9.13. The predicted molar refractivity (Wildman–Crippen MR) is 105 cm³/mol. The predicted octanol–water partition coefficient (Wildman–Crippen LogP) is 4.39. The van der Waals surface area contributed by atoms with Crippen LogP contribution in [0.15, 0.2) is 44.7 Å². The van der Waals surface area contributed by atoms with Gasteiger partial charge < -0.3 is 4.57 Å². The van der Waals surface area contributed by atoms with Crippen LogP contribution in [0, 0.1) is 13.8 Å². The van der Waals surface area contributed by atoms with Crippen molar-refractivity contribution in [1.29, 1.82) is 0 Å². The Labute approximate surface area is 154 Å². The molecule has 1 amide bonds. The Morgan fingerprint density at radius 1 is 1.25 bits per heavy atom. The summed E-state index contributed by atoms with van der Waals surface area (Å²) in [6.07, 6.45) is 1.96. The second kappa shape index (κ2) is 6.61. The van der Waals surface area contributed by atoms with Crippen LogP contribution in [0.2, 0.25) is 0 Å². The van der Waals surface area contributed by atoms with Crippen LogP contribution in [0.4, 0.5) is 0 Å². The summed E-state index contributed by atoms with van der Waals surface area (Å²) in [4.78, 5) is 18.8. The molecule has 0 atom stereocenters. The molecule has 1 aromatic carbocycles. The van der Waals surface area contributed by atoms with Crippen LogP contribution in [0.1, 0.15) is 17.0 Å². The van der Waals surface area contributed by atoms with Crippen LogP contribution in [-0.4, -0.2) is 34.6 Å². The van der Waals surface area contributed by atoms with Crippen LogP contribution in [0.3, 0.4) is 0 Å². The number of carbonyl (C=O) groups excluding carboxylic acids is 1. The summed E-state index contributed by atoms with van der Waals surface area (Å²) in [6, 6.07) is 10.2. The van der Waals surface area contributed by atoms with E-state index in [2.05, 4.69) is 51.5 Å². The van der Waals surface area contributed by atoms with E-state index in [4.69, 9.17) is 0 Å². The Bertz CT molecular complexity index is 882. The van der Waals surface area contributed by atoms with Gasteiger partial charge in [0.25, 0.3) is 5.91 Å². The number of rotatable bonds is 2. The quantitative estimate of drug-likeness (QED) is 0.697. The number of thioether (sulfide) groups is 1. The molecule has 0 radical (unpaired) electrons. The fourth-order valence-corrected chi connectivity index (χ4v) is 4.21. The van der Waals surface area contributed by atoms with Crippen molar-refractivity contribution in [2.24, 2.45) is 4.99 Å². The van der Waals surface area contributed by atoms with Crippen molar-refractivity contribution >= 4 is 44.8 Å². The second-order valence-electron chi connectivity index (χ2n) is 5.59. The third-order valence-electron chi connectivity index (χ3n) is 4.05. The molecule has 3 rings (SSSR count). The summed E-state index contributed by atoms with van der Waals surface area (Å²) in [5, 5.41) is 0.728. The SMILES string of the molecule is CN=C1SC(=Cc2cc(C)n(-c3ccccc3Br)c2C)C(=O)N1C. The van der Waals surface area contributed by atoms with Gasteiger partial charge in [-0.05, 0) is 71.4 Å². The first-order valence-electron chi connectivity index (χ1n) is 7.52. The largest absolute Gasteiger partial charge is 0.317 e. The topological polar surface area (TPSA) is 37.6 Å². The van der Waals surface area contributed by atoms with Crippen LogP contribution >= 0.6 is 27.7 Å². The van der Waals surface area contributed by atoms with Crippen LogP contribution < -0.4 is 0 Å². The van der Waals surface area contributed by atoms with Crippen molar-refractivity contribution in [2.75, 3.05) is 14.1 Å². The summed E-state index contributed by atoms with van der Waals surface area (Å²) >= 11 is 5.03. The number of hydrogen-bond acceptors (Lipinski definition) is 3. The summed E-state index contributed by atoms with van der Waals surface area (Å²) in [5.41, 5.74) is 4.37. The number of likely N-dealkylation sites (N-methyl/N-ethyl adjacent to an activating group) is 1. The van der Waals surface area contributed by atoms with E-state index in [1.807, 2.05) is 24.3 Å². The van der Waals surface area contributed by atoms with Gasteiger partial charge in [0.15, 0.2) is 5.17 Å². The van der Waals surface area contributed by atoms with Gasteiger partial charge in [0.2, 0.25) is 0 Å². The average molecular weight is 404 g/mol. The molecule has 0 saturated carbocycles. The number of amidine groups is 1.